The van der Waals surface area contributed by atoms with Gasteiger partial charge in [0.05, 0.1) is 6.04 Å². The van der Waals surface area contributed by atoms with Crippen LogP contribution in [0.1, 0.15) is 31.0 Å². The average Bonchev–Trinajstić information content (AvgIpc) is 2.70. The number of hydrogen-bond acceptors (Lipinski definition) is 2. The first-order valence-electron chi connectivity index (χ1n) is 5.57. The van der Waals surface area contributed by atoms with E-state index in [1.807, 2.05) is 0 Å². The Morgan fingerprint density at radius 3 is 2.62 bits per heavy atom. The van der Waals surface area contributed by atoms with E-state index in [4.69, 9.17) is 0 Å². The van der Waals surface area contributed by atoms with Crippen LogP contribution >= 0.6 is 30.3 Å². The van der Waals surface area contributed by atoms with Gasteiger partial charge in [0.2, 0.25) is 0 Å². The zero-order chi connectivity index (χ0) is 11.5. The highest BCUT2D eigenvalue weighted by molar-refractivity contribution is 14.2. The van der Waals surface area contributed by atoms with Crippen LogP contribution in [-0.4, -0.2) is 10.8 Å². The molecular weight excluding hydrogens is 329 g/mol. The van der Waals surface area contributed by atoms with Crippen molar-refractivity contribution in [2.24, 2.45) is 0 Å². The van der Waals surface area contributed by atoms with E-state index in [-0.39, 0.29) is 0 Å². The highest BCUT2D eigenvalue weighted by Gasteiger charge is 2.25. The monoisotopic (exact) mass is 345 g/mol. The summed E-state index contributed by atoms with van der Waals surface area (Å²) in [4.78, 5) is 0. The van der Waals surface area contributed by atoms with Crippen LogP contribution in [0, 0.1) is 0 Å². The van der Waals surface area contributed by atoms with Crippen LogP contribution in [0.3, 0.4) is 0 Å². The van der Waals surface area contributed by atoms with Gasteiger partial charge in [-0.05, 0) is 33.6 Å². The second-order valence-electron chi connectivity index (χ2n) is 4.11. The van der Waals surface area contributed by atoms with E-state index in [1.165, 1.54) is 16.7 Å². The van der Waals surface area contributed by atoms with Crippen LogP contribution < -0.4 is 0 Å². The minimum Gasteiger partial charge on any atom is -0.226 e. The highest BCUT2D eigenvalue weighted by atomic mass is 127. The van der Waals surface area contributed by atoms with E-state index < -0.39 is 0 Å². The molecule has 0 spiro atoms. The molecule has 0 saturated carbocycles. The van der Waals surface area contributed by atoms with Crippen LogP contribution in [0.2, 0.25) is 0 Å². The van der Waals surface area contributed by atoms with Crippen molar-refractivity contribution in [2.45, 2.75) is 26.3 Å². The fourth-order valence-electron chi connectivity index (χ4n) is 2.11. The fourth-order valence-corrected chi connectivity index (χ4v) is 3.77. The molecule has 1 aliphatic heterocycles. The molecule has 0 radical (unpaired) electrons. The van der Waals surface area contributed by atoms with E-state index >= 15 is 0 Å². The molecule has 0 saturated heterocycles. The van der Waals surface area contributed by atoms with Gasteiger partial charge < -0.3 is 0 Å². The fraction of sp³-hybridized carbons (Fsp3) is 0.385. The summed E-state index contributed by atoms with van der Waals surface area (Å²) >= 11 is 2.36. The molecule has 0 amide bonds. The SMILES string of the molecule is CCc1ccc(C2C(C)=CCN2SI)cc1. The summed E-state index contributed by atoms with van der Waals surface area (Å²) in [6.07, 6.45) is 3.44. The van der Waals surface area contributed by atoms with Gasteiger partial charge in [0.1, 0.15) is 0 Å². The molecule has 3 heteroatoms. The summed E-state index contributed by atoms with van der Waals surface area (Å²) in [5, 5.41) is 0. The van der Waals surface area contributed by atoms with E-state index in [9.17, 15) is 0 Å². The molecule has 0 bridgehead atoms. The van der Waals surface area contributed by atoms with Crippen LogP contribution in [-0.2, 0) is 6.42 Å². The molecule has 1 unspecified atom stereocenters. The van der Waals surface area contributed by atoms with Crippen LogP contribution in [0.5, 0.6) is 0 Å². The van der Waals surface area contributed by atoms with Crippen molar-refractivity contribution in [1.29, 1.82) is 0 Å². The van der Waals surface area contributed by atoms with E-state index in [0.29, 0.717) is 6.04 Å². The molecule has 1 atom stereocenters. The third kappa shape index (κ3) is 2.46. The molecule has 2 rings (SSSR count). The third-order valence-electron chi connectivity index (χ3n) is 3.10. The van der Waals surface area contributed by atoms with Gasteiger partial charge in [-0.1, -0.05) is 42.8 Å². The number of benzene rings is 1. The zero-order valence-corrected chi connectivity index (χ0v) is 12.6. The lowest BCUT2D eigenvalue weighted by molar-refractivity contribution is 0.477. The molecule has 1 aliphatic rings. The Kier molecular flexibility index (Phi) is 4.33. The standard InChI is InChI=1S/C13H16INS/c1-3-11-4-6-12(7-5-11)13-10(2)8-9-15(13)16-14/h4-8,13H,3,9H2,1-2H3. The van der Waals surface area contributed by atoms with Crippen molar-refractivity contribution in [3.05, 3.63) is 47.0 Å². The third-order valence-corrected chi connectivity index (χ3v) is 5.16. The number of aryl methyl sites for hydroxylation is 1. The van der Waals surface area contributed by atoms with E-state index in [0.717, 1.165) is 13.0 Å². The minimum absolute atomic E-state index is 0.466. The lowest BCUT2D eigenvalue weighted by Gasteiger charge is -2.23. The molecule has 1 aromatic rings. The van der Waals surface area contributed by atoms with Gasteiger partial charge in [-0.2, -0.15) is 0 Å². The number of nitrogens with zero attached hydrogens (tertiary/aromatic N) is 1. The maximum absolute atomic E-state index is 2.41. The number of hydrogen-bond donors (Lipinski definition) is 0. The second kappa shape index (κ2) is 5.56. The van der Waals surface area contributed by atoms with Crippen LogP contribution in [0.25, 0.3) is 0 Å². The van der Waals surface area contributed by atoms with Gasteiger partial charge >= 0.3 is 0 Å². The Morgan fingerprint density at radius 2 is 2.06 bits per heavy atom. The first-order chi connectivity index (χ1) is 7.76. The minimum atomic E-state index is 0.466. The average molecular weight is 345 g/mol. The van der Waals surface area contributed by atoms with Crippen LogP contribution in [0.4, 0.5) is 0 Å². The molecule has 16 heavy (non-hydrogen) atoms. The highest BCUT2D eigenvalue weighted by Crippen LogP contribution is 2.39. The summed E-state index contributed by atoms with van der Waals surface area (Å²) in [6, 6.07) is 9.50. The molecular formula is C13H16INS. The quantitative estimate of drug-likeness (QED) is 0.449. The predicted molar refractivity (Wildman–Crippen MR) is 80.6 cm³/mol. The van der Waals surface area contributed by atoms with Crippen molar-refractivity contribution in [1.82, 2.24) is 4.31 Å². The van der Waals surface area contributed by atoms with Gasteiger partial charge in [-0.15, -0.1) is 0 Å². The molecule has 1 heterocycles. The smallest absolute Gasteiger partial charge is 0.0670 e. The molecule has 0 aromatic heterocycles. The normalized spacial score (nSPS) is 21.2. The summed E-state index contributed by atoms with van der Waals surface area (Å²) in [6.45, 7) is 5.48. The largest absolute Gasteiger partial charge is 0.226 e. The number of rotatable bonds is 3. The number of halogens is 1. The maximum atomic E-state index is 2.41. The van der Waals surface area contributed by atoms with Crippen molar-refractivity contribution < 1.29 is 0 Å². The molecule has 1 aromatic carbocycles. The summed E-state index contributed by atoms with van der Waals surface area (Å²) in [5.41, 5.74) is 4.29. The van der Waals surface area contributed by atoms with Gasteiger partial charge in [-0.25, -0.2) is 4.31 Å². The van der Waals surface area contributed by atoms with Crippen LogP contribution in [0.15, 0.2) is 35.9 Å². The Hall–Kier alpha value is -0.000000000000000111. The predicted octanol–water partition coefficient (Wildman–Crippen LogP) is 4.55. The first kappa shape index (κ1) is 12.5. The van der Waals surface area contributed by atoms with Crippen molar-refractivity contribution >= 4 is 30.3 Å². The Labute approximate surface area is 114 Å². The van der Waals surface area contributed by atoms with E-state index in [1.54, 1.807) is 9.12 Å². The van der Waals surface area contributed by atoms with Crippen molar-refractivity contribution in [3.63, 3.8) is 0 Å². The van der Waals surface area contributed by atoms with E-state index in [2.05, 4.69) is 69.7 Å². The summed E-state index contributed by atoms with van der Waals surface area (Å²) in [5.74, 6) is 0. The topological polar surface area (TPSA) is 3.24 Å². The van der Waals surface area contributed by atoms with Crippen molar-refractivity contribution in [3.8, 4) is 0 Å². The van der Waals surface area contributed by atoms with Gasteiger partial charge in [-0.3, -0.25) is 0 Å². The van der Waals surface area contributed by atoms with Crippen molar-refractivity contribution in [2.75, 3.05) is 6.54 Å². The second-order valence-corrected chi connectivity index (χ2v) is 5.90. The summed E-state index contributed by atoms with van der Waals surface area (Å²) < 4.78 is 2.41. The molecule has 0 aliphatic carbocycles. The molecule has 0 fully saturated rings. The zero-order valence-electron chi connectivity index (χ0n) is 9.61. The Bertz CT molecular complexity index is 385. The van der Waals surface area contributed by atoms with Gasteiger partial charge in [0.25, 0.3) is 0 Å². The summed E-state index contributed by atoms with van der Waals surface area (Å²) in [7, 11) is 1.80. The molecule has 0 N–H and O–H groups in total. The first-order valence-corrected chi connectivity index (χ1v) is 8.88. The lowest BCUT2D eigenvalue weighted by Crippen LogP contribution is -2.16. The molecule has 86 valence electrons. The lowest BCUT2D eigenvalue weighted by atomic mass is 10.0. The molecule has 1 nitrogen and oxygen atoms in total. The maximum Gasteiger partial charge on any atom is 0.0670 e. The Balaban J connectivity index is 2.24. The van der Waals surface area contributed by atoms with Gasteiger partial charge in [0, 0.05) is 27.8 Å². The van der Waals surface area contributed by atoms with Gasteiger partial charge in [0.15, 0.2) is 0 Å². The Morgan fingerprint density at radius 1 is 1.38 bits per heavy atom.